The molecule has 0 radical (unpaired) electrons. The number of primary amides is 1. The highest BCUT2D eigenvalue weighted by Crippen LogP contribution is 2.27. The molecule has 1 saturated carbocycles. The van der Waals surface area contributed by atoms with E-state index in [9.17, 15) is 29.1 Å². The van der Waals surface area contributed by atoms with Crippen LogP contribution >= 0.6 is 0 Å². The molecule has 1 fully saturated rings. The number of nitrogen functional groups attached to an aromatic ring is 1. The lowest BCUT2D eigenvalue weighted by Gasteiger charge is -2.28. The molecule has 1 unspecified atom stereocenters. The molecule has 0 aromatic heterocycles. The second kappa shape index (κ2) is 20.3. The number of nitrogens with two attached hydrogens (primary N) is 4. The lowest BCUT2D eigenvalue weighted by atomic mass is 9.84. The van der Waals surface area contributed by atoms with Crippen LogP contribution in [0.1, 0.15) is 86.8 Å². The molecule has 276 valence electrons. The number of carboxylic acids is 1. The minimum atomic E-state index is -1.32. The van der Waals surface area contributed by atoms with Gasteiger partial charge in [-0.15, -0.1) is 0 Å². The fourth-order valence-electron chi connectivity index (χ4n) is 6.23. The summed E-state index contributed by atoms with van der Waals surface area (Å²) in [5.41, 5.74) is 24.1. The van der Waals surface area contributed by atoms with Crippen LogP contribution in [0.15, 0.2) is 59.6 Å². The summed E-state index contributed by atoms with van der Waals surface area (Å²) < 4.78 is 0. The topological polar surface area (TPSA) is 282 Å². The molecule has 15 nitrogen and oxygen atoms in total. The molecule has 1 aliphatic rings. The molecule has 13 N–H and O–H groups in total. The summed E-state index contributed by atoms with van der Waals surface area (Å²) in [5.74, 6) is -4.59. The zero-order valence-corrected chi connectivity index (χ0v) is 28.8. The first-order valence-corrected chi connectivity index (χ1v) is 17.3. The van der Waals surface area contributed by atoms with E-state index in [0.717, 1.165) is 37.7 Å². The third kappa shape index (κ3) is 13.8. The van der Waals surface area contributed by atoms with Crippen molar-refractivity contribution in [3.05, 3.63) is 71.3 Å². The van der Waals surface area contributed by atoms with Crippen molar-refractivity contribution in [3.8, 4) is 0 Å². The van der Waals surface area contributed by atoms with Crippen molar-refractivity contribution in [3.63, 3.8) is 0 Å². The number of hydrogen-bond acceptors (Lipinski definition) is 7. The predicted molar refractivity (Wildman–Crippen MR) is 193 cm³/mol. The molecule has 0 aliphatic heterocycles. The summed E-state index contributed by atoms with van der Waals surface area (Å²) in [6.07, 6.45) is 5.32. The Morgan fingerprint density at radius 1 is 0.784 bits per heavy atom. The van der Waals surface area contributed by atoms with Gasteiger partial charge in [-0.3, -0.25) is 34.4 Å². The maximum atomic E-state index is 13.9. The molecular formula is C36H51N9O6. The molecule has 3 rings (SSSR count). The van der Waals surface area contributed by atoms with Crippen molar-refractivity contribution < 1.29 is 29.1 Å². The Kier molecular flexibility index (Phi) is 15.9. The predicted octanol–water partition coefficient (Wildman–Crippen LogP) is 1.13. The fourth-order valence-corrected chi connectivity index (χ4v) is 6.23. The summed E-state index contributed by atoms with van der Waals surface area (Å²) in [6.45, 7) is 0.161. The van der Waals surface area contributed by atoms with Gasteiger partial charge in [0.15, 0.2) is 5.96 Å². The largest absolute Gasteiger partial charge is 0.481 e. The zero-order chi connectivity index (χ0) is 37.3. The van der Waals surface area contributed by atoms with Crippen molar-refractivity contribution in [1.29, 1.82) is 5.41 Å². The van der Waals surface area contributed by atoms with Crippen LogP contribution in [0.25, 0.3) is 0 Å². The minimum absolute atomic E-state index is 0.0752. The molecule has 1 aliphatic carbocycles. The van der Waals surface area contributed by atoms with Gasteiger partial charge in [-0.1, -0.05) is 86.7 Å². The first kappa shape index (κ1) is 40.0. The van der Waals surface area contributed by atoms with Gasteiger partial charge in [-0.2, -0.15) is 0 Å². The number of aliphatic imine (C=N–C) groups is 1. The van der Waals surface area contributed by atoms with Crippen molar-refractivity contribution in [2.75, 3.05) is 6.54 Å². The molecule has 2 aromatic rings. The van der Waals surface area contributed by atoms with Gasteiger partial charge in [0.1, 0.15) is 24.0 Å². The van der Waals surface area contributed by atoms with Crippen LogP contribution in [-0.2, 0) is 30.4 Å². The summed E-state index contributed by atoms with van der Waals surface area (Å²) in [5, 5.41) is 25.2. The quantitative estimate of drug-likeness (QED) is 0.0541. The van der Waals surface area contributed by atoms with E-state index >= 15 is 0 Å². The third-order valence-electron chi connectivity index (χ3n) is 9.04. The van der Waals surface area contributed by atoms with Gasteiger partial charge in [-0.05, 0) is 49.1 Å². The average Bonchev–Trinajstić information content (AvgIpc) is 3.10. The molecule has 0 saturated heterocycles. The number of carbonyl (C=O) groups is 5. The van der Waals surface area contributed by atoms with Crippen LogP contribution in [0, 0.1) is 11.3 Å². The number of rotatable bonds is 20. The number of amides is 4. The molecule has 15 heteroatoms. The lowest BCUT2D eigenvalue weighted by molar-refractivity contribution is -0.138. The maximum absolute atomic E-state index is 13.9. The summed E-state index contributed by atoms with van der Waals surface area (Å²) in [4.78, 5) is 69.3. The van der Waals surface area contributed by atoms with Gasteiger partial charge in [0, 0.05) is 18.5 Å². The van der Waals surface area contributed by atoms with E-state index < -0.39 is 60.1 Å². The number of benzene rings is 2. The van der Waals surface area contributed by atoms with Gasteiger partial charge in [0.25, 0.3) is 0 Å². The van der Waals surface area contributed by atoms with Crippen molar-refractivity contribution >= 4 is 41.4 Å². The van der Waals surface area contributed by atoms with E-state index in [4.69, 9.17) is 28.3 Å². The fraction of sp³-hybridized carbons (Fsp3) is 0.472. The van der Waals surface area contributed by atoms with Gasteiger partial charge in [0.2, 0.25) is 23.6 Å². The van der Waals surface area contributed by atoms with Crippen LogP contribution in [0.4, 0.5) is 0 Å². The lowest BCUT2D eigenvalue weighted by Crippen LogP contribution is -2.57. The van der Waals surface area contributed by atoms with E-state index in [1.807, 2.05) is 0 Å². The Bertz CT molecular complexity index is 1520. The van der Waals surface area contributed by atoms with Crippen LogP contribution < -0.4 is 38.9 Å². The second-order valence-corrected chi connectivity index (χ2v) is 13.0. The Morgan fingerprint density at radius 3 is 1.94 bits per heavy atom. The molecule has 0 spiro atoms. The van der Waals surface area contributed by atoms with E-state index in [1.54, 1.807) is 54.6 Å². The van der Waals surface area contributed by atoms with Crippen LogP contribution in [0.5, 0.6) is 0 Å². The Morgan fingerprint density at radius 2 is 1.37 bits per heavy atom. The highest BCUT2D eigenvalue weighted by atomic mass is 16.4. The van der Waals surface area contributed by atoms with E-state index in [-0.39, 0.29) is 49.9 Å². The van der Waals surface area contributed by atoms with Crippen molar-refractivity contribution in [2.45, 2.75) is 94.7 Å². The minimum Gasteiger partial charge on any atom is -0.481 e. The number of carboxylic acid groups (broad SMARTS) is 1. The van der Waals surface area contributed by atoms with E-state index in [1.165, 1.54) is 0 Å². The van der Waals surface area contributed by atoms with Crippen LogP contribution in [0.2, 0.25) is 0 Å². The monoisotopic (exact) mass is 705 g/mol. The molecule has 2 aromatic carbocycles. The zero-order valence-electron chi connectivity index (χ0n) is 28.8. The number of aliphatic carboxylic acids is 1. The third-order valence-corrected chi connectivity index (χ3v) is 9.04. The summed E-state index contributed by atoms with van der Waals surface area (Å²) in [6, 6.07) is 12.4. The van der Waals surface area contributed by atoms with Crippen LogP contribution in [0.3, 0.4) is 0 Å². The Balaban J connectivity index is 1.83. The smallest absolute Gasteiger partial charge is 0.303 e. The number of nitrogens with zero attached hydrogens (tertiary/aromatic N) is 1. The Labute approximate surface area is 297 Å². The molecule has 4 amide bonds. The first-order chi connectivity index (χ1) is 24.3. The normalized spacial score (nSPS) is 15.3. The number of nitrogens with one attached hydrogen (secondary N) is 4. The van der Waals surface area contributed by atoms with Crippen molar-refractivity contribution in [1.82, 2.24) is 16.0 Å². The highest BCUT2D eigenvalue weighted by Gasteiger charge is 2.32. The van der Waals surface area contributed by atoms with E-state index in [0.29, 0.717) is 17.5 Å². The van der Waals surface area contributed by atoms with Gasteiger partial charge < -0.3 is 44.0 Å². The molecule has 0 bridgehead atoms. The Hall–Kier alpha value is -5.47. The second-order valence-electron chi connectivity index (χ2n) is 13.0. The number of hydrogen-bond donors (Lipinski definition) is 9. The maximum Gasteiger partial charge on any atom is 0.303 e. The molecular weight excluding hydrogens is 654 g/mol. The number of guanidine groups is 1. The van der Waals surface area contributed by atoms with Gasteiger partial charge >= 0.3 is 5.97 Å². The molecule has 4 atom stereocenters. The van der Waals surface area contributed by atoms with Crippen molar-refractivity contribution in [2.24, 2.45) is 33.8 Å². The van der Waals surface area contributed by atoms with Gasteiger partial charge in [-0.25, -0.2) is 0 Å². The van der Waals surface area contributed by atoms with Gasteiger partial charge in [0.05, 0.1) is 5.92 Å². The SMILES string of the molecule is N=C(N)c1ccc(CC(C(=O)N[C@@H](CCC(=O)O)C(=O)N[C@@H](CCCN=C(N)N)C(=O)N[C@@H](CC2CCCCC2)C(N)=O)c2ccccc2)cc1. The van der Waals surface area contributed by atoms with Crippen LogP contribution in [-0.4, -0.2) is 71.2 Å². The number of amidine groups is 1. The molecule has 51 heavy (non-hydrogen) atoms. The standard InChI is InChI=1S/C36H51N9O6/c37-31(38)25-15-13-23(14-16-25)20-26(24-10-5-2-6-11-24)33(49)43-28(17-18-30(46)47)35(51)44-27(12-7-19-42-36(40)41)34(50)45-29(32(39)48)21-22-8-3-1-4-9-22/h2,5-6,10-11,13-16,22,26-29H,1,3-4,7-9,12,17-21H2,(H3,37,38)(H2,39,48)(H,43,49)(H,44,51)(H,45,50)(H,46,47)(H4,40,41,42)/t26?,27-,28-,29-/m0/s1. The number of carbonyl (C=O) groups excluding carboxylic acids is 4. The first-order valence-electron chi connectivity index (χ1n) is 17.3. The highest BCUT2D eigenvalue weighted by molar-refractivity contribution is 5.96. The summed E-state index contributed by atoms with van der Waals surface area (Å²) in [7, 11) is 0. The molecule has 0 heterocycles. The average molecular weight is 706 g/mol. The van der Waals surface area contributed by atoms with E-state index in [2.05, 4.69) is 20.9 Å². The summed E-state index contributed by atoms with van der Waals surface area (Å²) >= 11 is 0.